The summed E-state index contributed by atoms with van der Waals surface area (Å²) in [5, 5.41) is 0. The maximum atomic E-state index is 12.4. The van der Waals surface area contributed by atoms with Crippen molar-refractivity contribution in [1.82, 2.24) is 0 Å². The van der Waals surface area contributed by atoms with Crippen molar-refractivity contribution in [2.45, 2.75) is 24.7 Å². The van der Waals surface area contributed by atoms with Gasteiger partial charge < -0.3 is 16.2 Å². The Morgan fingerprint density at radius 1 is 1.26 bits per heavy atom. The van der Waals surface area contributed by atoms with Gasteiger partial charge in [-0.15, -0.1) is 0 Å². The van der Waals surface area contributed by atoms with Crippen LogP contribution in [0.1, 0.15) is 18.4 Å². The first-order valence-electron chi connectivity index (χ1n) is 7.19. The van der Waals surface area contributed by atoms with Crippen molar-refractivity contribution < 1.29 is 17.9 Å². The number of guanidine groups is 1. The number of ether oxygens (including phenoxy) is 1. The summed E-state index contributed by atoms with van der Waals surface area (Å²) in [5.74, 6) is -1.64. The number of methoxy groups -OCH3 is 1. The third-order valence-electron chi connectivity index (χ3n) is 3.34. The molecule has 0 heterocycles. The maximum Gasteiger partial charge on any atom is 0.309 e. The highest BCUT2D eigenvalue weighted by Gasteiger charge is 2.27. The molecule has 1 aromatic carbocycles. The van der Waals surface area contributed by atoms with Gasteiger partial charge in [-0.1, -0.05) is 17.7 Å². The number of nitrogens with zero attached hydrogens (tertiary/aromatic N) is 1. The van der Waals surface area contributed by atoms with Gasteiger partial charge in [-0.3, -0.25) is 9.79 Å². The Labute approximate surface area is 136 Å². The lowest BCUT2D eigenvalue weighted by Gasteiger charge is -2.14. The Bertz CT molecular complexity index is 650. The molecule has 1 aromatic rings. The Morgan fingerprint density at radius 3 is 2.39 bits per heavy atom. The average Bonchev–Trinajstić information content (AvgIpc) is 2.49. The van der Waals surface area contributed by atoms with Gasteiger partial charge in [0.15, 0.2) is 15.8 Å². The molecule has 23 heavy (non-hydrogen) atoms. The quantitative estimate of drug-likeness (QED) is 0.309. The van der Waals surface area contributed by atoms with E-state index < -0.39 is 21.7 Å². The van der Waals surface area contributed by atoms with Gasteiger partial charge in [0.25, 0.3) is 0 Å². The molecule has 1 rings (SSSR count). The van der Waals surface area contributed by atoms with E-state index in [1.165, 1.54) is 7.11 Å². The van der Waals surface area contributed by atoms with Crippen molar-refractivity contribution in [3.63, 3.8) is 0 Å². The van der Waals surface area contributed by atoms with Gasteiger partial charge >= 0.3 is 5.97 Å². The van der Waals surface area contributed by atoms with Gasteiger partial charge in [0.2, 0.25) is 0 Å². The zero-order valence-corrected chi connectivity index (χ0v) is 14.2. The number of esters is 1. The lowest BCUT2D eigenvalue weighted by molar-refractivity contribution is -0.144. The number of hydrogen-bond acceptors (Lipinski definition) is 5. The highest BCUT2D eigenvalue weighted by molar-refractivity contribution is 7.91. The number of aryl methyl sites for hydroxylation is 1. The molecule has 0 unspecified atom stereocenters. The van der Waals surface area contributed by atoms with Crippen LogP contribution >= 0.6 is 0 Å². The van der Waals surface area contributed by atoms with Gasteiger partial charge in [0, 0.05) is 6.54 Å². The number of aliphatic imine (C=N–C) groups is 1. The fraction of sp³-hybridized carbons (Fsp3) is 0.467. The Kier molecular flexibility index (Phi) is 7.02. The molecule has 0 aliphatic carbocycles. The van der Waals surface area contributed by atoms with Crippen LogP contribution in [0.2, 0.25) is 0 Å². The van der Waals surface area contributed by atoms with Crippen molar-refractivity contribution in [3.8, 4) is 0 Å². The Hall–Kier alpha value is -2.09. The molecule has 0 spiro atoms. The van der Waals surface area contributed by atoms with Crippen molar-refractivity contribution in [3.05, 3.63) is 29.8 Å². The highest BCUT2D eigenvalue weighted by Crippen LogP contribution is 2.19. The van der Waals surface area contributed by atoms with Crippen molar-refractivity contribution in [2.24, 2.45) is 22.4 Å². The SMILES string of the molecule is COC(=O)[C@H](CCCN=C(N)N)CS(=O)(=O)c1ccc(C)cc1. The Balaban J connectivity index is 2.81. The van der Waals surface area contributed by atoms with E-state index >= 15 is 0 Å². The maximum absolute atomic E-state index is 12.4. The van der Waals surface area contributed by atoms with Gasteiger partial charge in [0.1, 0.15) is 0 Å². The predicted octanol–water partition coefficient (Wildman–Crippen LogP) is 0.612. The smallest absolute Gasteiger partial charge is 0.309 e. The van der Waals surface area contributed by atoms with E-state index in [1.54, 1.807) is 24.3 Å². The fourth-order valence-corrected chi connectivity index (χ4v) is 3.66. The van der Waals surface area contributed by atoms with Gasteiger partial charge in [-0.25, -0.2) is 8.42 Å². The standard InChI is InChI=1S/C15H23N3O4S/c1-11-5-7-13(8-6-11)23(20,21)10-12(14(19)22-2)4-3-9-18-15(16)17/h5-8,12H,3-4,9-10H2,1-2H3,(H4,16,17,18)/t12-/m1/s1. The van der Waals surface area contributed by atoms with Crippen LogP contribution in [0.3, 0.4) is 0 Å². The molecule has 0 bridgehead atoms. The first kappa shape index (κ1) is 19.0. The molecule has 0 saturated heterocycles. The number of hydrogen-bond donors (Lipinski definition) is 2. The second-order valence-electron chi connectivity index (χ2n) is 5.26. The summed E-state index contributed by atoms with van der Waals surface area (Å²) < 4.78 is 29.6. The van der Waals surface area contributed by atoms with Crippen LogP contribution in [0.4, 0.5) is 0 Å². The third kappa shape index (κ3) is 6.27. The lowest BCUT2D eigenvalue weighted by atomic mass is 10.1. The summed E-state index contributed by atoms with van der Waals surface area (Å²) in [6, 6.07) is 6.52. The number of carbonyl (C=O) groups excluding carboxylic acids is 1. The molecule has 1 atom stereocenters. The normalized spacial score (nSPS) is 12.4. The van der Waals surface area contributed by atoms with E-state index in [4.69, 9.17) is 16.2 Å². The van der Waals surface area contributed by atoms with Crippen molar-refractivity contribution in [2.75, 3.05) is 19.4 Å². The largest absolute Gasteiger partial charge is 0.469 e. The second kappa shape index (κ2) is 8.52. The van der Waals surface area contributed by atoms with Crippen LogP contribution in [0.25, 0.3) is 0 Å². The zero-order chi connectivity index (χ0) is 17.5. The topological polar surface area (TPSA) is 125 Å². The van der Waals surface area contributed by atoms with Gasteiger partial charge in [-0.05, 0) is 31.9 Å². The van der Waals surface area contributed by atoms with Crippen LogP contribution in [0, 0.1) is 12.8 Å². The summed E-state index contributed by atoms with van der Waals surface area (Å²) in [4.78, 5) is 15.8. The van der Waals surface area contributed by atoms with Gasteiger partial charge in [0.05, 0.1) is 23.7 Å². The molecule has 128 valence electrons. The van der Waals surface area contributed by atoms with E-state index in [1.807, 2.05) is 6.92 Å². The minimum absolute atomic E-state index is 0.0353. The number of benzene rings is 1. The molecule has 0 fully saturated rings. The lowest BCUT2D eigenvalue weighted by Crippen LogP contribution is -2.26. The summed E-state index contributed by atoms with van der Waals surface area (Å²) in [5.41, 5.74) is 11.4. The van der Waals surface area contributed by atoms with Crippen molar-refractivity contribution >= 4 is 21.8 Å². The summed E-state index contributed by atoms with van der Waals surface area (Å²) in [6.07, 6.45) is 0.815. The summed E-state index contributed by atoms with van der Waals surface area (Å²) in [7, 11) is -2.33. The third-order valence-corrected chi connectivity index (χ3v) is 5.17. The Morgan fingerprint density at radius 2 is 1.87 bits per heavy atom. The van der Waals surface area contributed by atoms with E-state index in [0.29, 0.717) is 19.4 Å². The van der Waals surface area contributed by atoms with Crippen molar-refractivity contribution in [1.29, 1.82) is 0 Å². The van der Waals surface area contributed by atoms with Crippen LogP contribution in [-0.2, 0) is 19.4 Å². The van der Waals surface area contributed by atoms with E-state index in [2.05, 4.69) is 4.99 Å². The minimum atomic E-state index is -3.57. The first-order chi connectivity index (χ1) is 10.8. The minimum Gasteiger partial charge on any atom is -0.469 e. The molecule has 0 aliphatic heterocycles. The zero-order valence-electron chi connectivity index (χ0n) is 13.4. The highest BCUT2D eigenvalue weighted by atomic mass is 32.2. The molecule has 0 radical (unpaired) electrons. The number of carbonyl (C=O) groups is 1. The molecule has 8 heteroatoms. The fourth-order valence-electron chi connectivity index (χ4n) is 2.09. The van der Waals surface area contributed by atoms with E-state index in [0.717, 1.165) is 5.56 Å². The first-order valence-corrected chi connectivity index (χ1v) is 8.84. The molecule has 7 nitrogen and oxygen atoms in total. The molecule has 0 saturated carbocycles. The number of sulfone groups is 1. The van der Waals surface area contributed by atoms with Gasteiger partial charge in [-0.2, -0.15) is 0 Å². The molecule has 0 aliphatic rings. The number of nitrogens with two attached hydrogens (primary N) is 2. The average molecular weight is 341 g/mol. The molecule has 0 amide bonds. The van der Waals surface area contributed by atoms with Crippen LogP contribution in [0.5, 0.6) is 0 Å². The van der Waals surface area contributed by atoms with Crippen LogP contribution < -0.4 is 11.5 Å². The number of rotatable bonds is 8. The second-order valence-corrected chi connectivity index (χ2v) is 7.30. The monoisotopic (exact) mass is 341 g/mol. The summed E-state index contributed by atoms with van der Waals surface area (Å²) in [6.45, 7) is 2.21. The van der Waals surface area contributed by atoms with E-state index in [-0.39, 0.29) is 16.6 Å². The summed E-state index contributed by atoms with van der Waals surface area (Å²) >= 11 is 0. The van der Waals surface area contributed by atoms with E-state index in [9.17, 15) is 13.2 Å². The predicted molar refractivity (Wildman–Crippen MR) is 88.6 cm³/mol. The molecule has 4 N–H and O–H groups in total. The molecular formula is C15H23N3O4S. The molecule has 0 aromatic heterocycles. The van der Waals surface area contributed by atoms with Crippen LogP contribution in [-0.4, -0.2) is 39.8 Å². The molecular weight excluding hydrogens is 318 g/mol. The van der Waals surface area contributed by atoms with Crippen LogP contribution in [0.15, 0.2) is 34.2 Å².